The van der Waals surface area contributed by atoms with Gasteiger partial charge in [-0.25, -0.2) is 0 Å². The highest BCUT2D eigenvalue weighted by Gasteiger charge is 2.15. The van der Waals surface area contributed by atoms with Gasteiger partial charge in [-0.2, -0.15) is 0 Å². The lowest BCUT2D eigenvalue weighted by molar-refractivity contribution is 0.779. The summed E-state index contributed by atoms with van der Waals surface area (Å²) >= 11 is 12.7. The zero-order valence-electron chi connectivity index (χ0n) is 9.00. The van der Waals surface area contributed by atoms with Gasteiger partial charge in [0.25, 0.3) is 0 Å². The molecule has 0 spiro atoms. The fraction of sp³-hybridized carbons (Fsp3) is 0.231. The van der Waals surface area contributed by atoms with Crippen molar-refractivity contribution in [3.05, 3.63) is 55.1 Å². The van der Waals surface area contributed by atoms with Crippen molar-refractivity contribution in [1.82, 2.24) is 0 Å². The average molecular weight is 439 g/mol. The largest absolute Gasteiger partial charge is 0.148 e. The van der Waals surface area contributed by atoms with Crippen molar-refractivity contribution in [1.29, 1.82) is 0 Å². The van der Waals surface area contributed by atoms with Gasteiger partial charge in [0.05, 0.1) is 0 Å². The van der Waals surface area contributed by atoms with Gasteiger partial charge in [-0.1, -0.05) is 50.1 Å². The summed E-state index contributed by atoms with van der Waals surface area (Å²) < 4.78 is 2.41. The Morgan fingerprint density at radius 1 is 1.06 bits per heavy atom. The molecule has 0 amide bonds. The molecule has 2 aromatic rings. The van der Waals surface area contributed by atoms with E-state index in [2.05, 4.69) is 83.5 Å². The van der Waals surface area contributed by atoms with E-state index in [0.717, 1.165) is 11.8 Å². The number of thiophene rings is 1. The normalized spacial score (nSPS) is 12.6. The molecule has 0 radical (unpaired) electrons. The number of hydrogen-bond acceptors (Lipinski definition) is 1. The van der Waals surface area contributed by atoms with Gasteiger partial charge in [0, 0.05) is 19.2 Å². The molecule has 0 saturated heterocycles. The molecule has 2 rings (SSSR count). The first-order valence-corrected chi connectivity index (χ1v) is 8.83. The summed E-state index contributed by atoms with van der Waals surface area (Å²) in [6.07, 6.45) is 1.06. The zero-order valence-corrected chi connectivity index (χ0v) is 14.6. The standard InChI is InChI=1S/C13H11Br3S/c14-8-9(7-13-12(16)5-6-17-13)10-3-1-2-4-11(10)15/h1-6,9H,7-8H2. The van der Waals surface area contributed by atoms with E-state index in [-0.39, 0.29) is 0 Å². The Hall–Kier alpha value is 0.360. The van der Waals surface area contributed by atoms with Crippen LogP contribution in [0.5, 0.6) is 0 Å². The van der Waals surface area contributed by atoms with Crippen LogP contribution in [0.2, 0.25) is 0 Å². The lowest BCUT2D eigenvalue weighted by atomic mass is 9.97. The van der Waals surface area contributed by atoms with Crippen LogP contribution in [0.25, 0.3) is 0 Å². The van der Waals surface area contributed by atoms with Gasteiger partial charge in [-0.15, -0.1) is 11.3 Å². The first kappa shape index (κ1) is 13.8. The molecule has 1 unspecified atom stereocenters. The van der Waals surface area contributed by atoms with Gasteiger partial charge < -0.3 is 0 Å². The lowest BCUT2D eigenvalue weighted by Gasteiger charge is -2.15. The molecule has 90 valence electrons. The number of rotatable bonds is 4. The fourth-order valence-corrected chi connectivity index (χ4v) is 4.53. The minimum atomic E-state index is 0.500. The Kier molecular flexibility index (Phi) is 5.27. The first-order chi connectivity index (χ1) is 8.22. The van der Waals surface area contributed by atoms with Crippen LogP contribution in [0.1, 0.15) is 16.4 Å². The van der Waals surface area contributed by atoms with Crippen molar-refractivity contribution >= 4 is 59.1 Å². The summed E-state index contributed by atoms with van der Waals surface area (Å²) in [4.78, 5) is 1.41. The first-order valence-electron chi connectivity index (χ1n) is 5.24. The molecule has 0 N–H and O–H groups in total. The third-order valence-corrected chi connectivity index (χ3v) is 6.11. The second-order valence-electron chi connectivity index (χ2n) is 3.77. The van der Waals surface area contributed by atoms with E-state index in [4.69, 9.17) is 0 Å². The van der Waals surface area contributed by atoms with Crippen molar-refractivity contribution in [2.45, 2.75) is 12.3 Å². The number of benzene rings is 1. The second-order valence-corrected chi connectivity index (χ2v) is 7.13. The van der Waals surface area contributed by atoms with Crippen LogP contribution in [0.15, 0.2) is 44.7 Å². The molecule has 1 heterocycles. The van der Waals surface area contributed by atoms with Gasteiger partial charge in [0.2, 0.25) is 0 Å². The summed E-state index contributed by atoms with van der Waals surface area (Å²) in [5, 5.41) is 3.10. The highest BCUT2D eigenvalue weighted by molar-refractivity contribution is 9.11. The predicted octanol–water partition coefficient (Wildman–Crippen LogP) is 5.99. The predicted molar refractivity (Wildman–Crippen MR) is 86.4 cm³/mol. The molecule has 0 saturated carbocycles. The molecule has 4 heteroatoms. The van der Waals surface area contributed by atoms with Crippen LogP contribution >= 0.6 is 59.1 Å². The van der Waals surface area contributed by atoms with E-state index in [1.807, 2.05) is 11.3 Å². The minimum Gasteiger partial charge on any atom is -0.148 e. The van der Waals surface area contributed by atoms with Gasteiger partial charge in [-0.3, -0.25) is 0 Å². The van der Waals surface area contributed by atoms with Crippen LogP contribution in [0, 0.1) is 0 Å². The molecule has 17 heavy (non-hydrogen) atoms. The maximum atomic E-state index is 3.63. The molecule has 0 aliphatic carbocycles. The van der Waals surface area contributed by atoms with Crippen LogP contribution in [0.4, 0.5) is 0 Å². The van der Waals surface area contributed by atoms with Crippen molar-refractivity contribution in [2.24, 2.45) is 0 Å². The Morgan fingerprint density at radius 2 is 1.82 bits per heavy atom. The maximum absolute atomic E-state index is 3.63. The molecular formula is C13H11Br3S. The van der Waals surface area contributed by atoms with Crippen LogP contribution in [-0.4, -0.2) is 5.33 Å². The topological polar surface area (TPSA) is 0 Å². The third kappa shape index (κ3) is 3.43. The second kappa shape index (κ2) is 6.50. The van der Waals surface area contributed by atoms with E-state index in [9.17, 15) is 0 Å². The monoisotopic (exact) mass is 436 g/mol. The molecule has 1 aromatic heterocycles. The minimum absolute atomic E-state index is 0.500. The Morgan fingerprint density at radius 3 is 2.41 bits per heavy atom. The highest BCUT2D eigenvalue weighted by Crippen LogP contribution is 2.33. The Labute approximate surface area is 131 Å². The van der Waals surface area contributed by atoms with Gasteiger partial charge in [0.1, 0.15) is 0 Å². The Balaban J connectivity index is 2.23. The smallest absolute Gasteiger partial charge is 0.0314 e. The van der Waals surface area contributed by atoms with Crippen molar-refractivity contribution in [3.8, 4) is 0 Å². The van der Waals surface area contributed by atoms with E-state index in [1.165, 1.54) is 19.4 Å². The summed E-state index contributed by atoms with van der Waals surface area (Å²) in [5.74, 6) is 0.500. The summed E-state index contributed by atoms with van der Waals surface area (Å²) in [7, 11) is 0. The van der Waals surface area contributed by atoms with Crippen molar-refractivity contribution in [3.63, 3.8) is 0 Å². The SMILES string of the molecule is BrCC(Cc1sccc1Br)c1ccccc1Br. The molecule has 1 aromatic carbocycles. The molecule has 0 nitrogen and oxygen atoms in total. The van der Waals surface area contributed by atoms with Crippen molar-refractivity contribution in [2.75, 3.05) is 5.33 Å². The molecule has 0 aliphatic heterocycles. The number of hydrogen-bond donors (Lipinski definition) is 0. The number of alkyl halides is 1. The van der Waals surface area contributed by atoms with E-state index >= 15 is 0 Å². The Bertz CT molecular complexity index is 493. The molecule has 1 atom stereocenters. The molecule has 0 fully saturated rings. The lowest BCUT2D eigenvalue weighted by Crippen LogP contribution is -2.04. The zero-order chi connectivity index (χ0) is 12.3. The maximum Gasteiger partial charge on any atom is 0.0314 e. The highest BCUT2D eigenvalue weighted by atomic mass is 79.9. The molecular weight excluding hydrogens is 428 g/mol. The van der Waals surface area contributed by atoms with Gasteiger partial charge in [-0.05, 0) is 51.3 Å². The van der Waals surface area contributed by atoms with Crippen LogP contribution < -0.4 is 0 Å². The van der Waals surface area contributed by atoms with Gasteiger partial charge in [0.15, 0.2) is 0 Å². The van der Waals surface area contributed by atoms with E-state index in [1.54, 1.807) is 0 Å². The summed E-state index contributed by atoms with van der Waals surface area (Å²) in [6.45, 7) is 0. The summed E-state index contributed by atoms with van der Waals surface area (Å²) in [6, 6.07) is 10.6. The number of halogens is 3. The van der Waals surface area contributed by atoms with Gasteiger partial charge >= 0.3 is 0 Å². The quantitative estimate of drug-likeness (QED) is 0.514. The van der Waals surface area contributed by atoms with E-state index in [0.29, 0.717) is 5.92 Å². The third-order valence-electron chi connectivity index (χ3n) is 2.65. The van der Waals surface area contributed by atoms with Crippen LogP contribution in [0.3, 0.4) is 0 Å². The molecule has 0 bridgehead atoms. The fourth-order valence-electron chi connectivity index (χ4n) is 1.75. The average Bonchev–Trinajstić information content (AvgIpc) is 2.73. The molecule has 0 aliphatic rings. The summed E-state index contributed by atoms with van der Waals surface area (Å²) in [5.41, 5.74) is 1.37. The van der Waals surface area contributed by atoms with E-state index < -0.39 is 0 Å². The van der Waals surface area contributed by atoms with Crippen LogP contribution in [-0.2, 0) is 6.42 Å². The van der Waals surface area contributed by atoms with Crippen molar-refractivity contribution < 1.29 is 0 Å².